The van der Waals surface area contributed by atoms with Crippen LogP contribution in [0.2, 0.25) is 0 Å². The van der Waals surface area contributed by atoms with Gasteiger partial charge in [0.05, 0.1) is 25.1 Å². The van der Waals surface area contributed by atoms with Crippen LogP contribution in [0.5, 0.6) is 5.75 Å². The Labute approximate surface area is 174 Å². The highest BCUT2D eigenvalue weighted by atomic mass is 16.5. The summed E-state index contributed by atoms with van der Waals surface area (Å²) in [5, 5.41) is 7.00. The van der Waals surface area contributed by atoms with E-state index in [2.05, 4.69) is 15.2 Å². The topological polar surface area (TPSA) is 108 Å². The number of hydrogen-bond acceptors (Lipinski definition) is 6. The van der Waals surface area contributed by atoms with Gasteiger partial charge in [-0.1, -0.05) is 12.1 Å². The monoisotopic (exact) mass is 408 g/mol. The molecule has 0 atom stereocenters. The molecule has 8 heteroatoms. The molecule has 1 aromatic heterocycles. The summed E-state index contributed by atoms with van der Waals surface area (Å²) in [6.07, 6.45) is 1.46. The number of nitrogens with one attached hydrogen (secondary N) is 1. The van der Waals surface area contributed by atoms with E-state index in [0.717, 1.165) is 11.3 Å². The average Bonchev–Trinajstić information content (AvgIpc) is 3.13. The third-order valence-electron chi connectivity index (χ3n) is 4.33. The fraction of sp³-hybridized carbons (Fsp3) is 0.227. The predicted molar refractivity (Wildman–Crippen MR) is 113 cm³/mol. The van der Waals surface area contributed by atoms with E-state index in [0.29, 0.717) is 17.8 Å². The Morgan fingerprint density at radius 3 is 2.37 bits per heavy atom. The van der Waals surface area contributed by atoms with Crippen LogP contribution < -0.4 is 15.8 Å². The highest BCUT2D eigenvalue weighted by Gasteiger charge is 2.16. The van der Waals surface area contributed by atoms with Crippen molar-refractivity contribution in [1.82, 2.24) is 15.1 Å². The van der Waals surface area contributed by atoms with Crippen molar-refractivity contribution in [3.63, 3.8) is 0 Å². The maximum absolute atomic E-state index is 12.4. The Morgan fingerprint density at radius 1 is 1.10 bits per heavy atom. The van der Waals surface area contributed by atoms with Gasteiger partial charge in [-0.05, 0) is 55.8 Å². The molecule has 1 amide bonds. The number of hydrogen-bond donors (Lipinski definition) is 2. The van der Waals surface area contributed by atoms with Crippen molar-refractivity contribution in [2.24, 2.45) is 0 Å². The lowest BCUT2D eigenvalue weighted by atomic mass is 10.1. The molecular weight excluding hydrogens is 384 g/mol. The van der Waals surface area contributed by atoms with Crippen molar-refractivity contribution in [2.45, 2.75) is 26.5 Å². The van der Waals surface area contributed by atoms with Crippen molar-refractivity contribution in [3.05, 3.63) is 71.4 Å². The van der Waals surface area contributed by atoms with E-state index in [1.807, 2.05) is 38.1 Å². The molecule has 2 aromatic carbocycles. The van der Waals surface area contributed by atoms with Gasteiger partial charge in [0, 0.05) is 12.1 Å². The molecule has 0 saturated carbocycles. The summed E-state index contributed by atoms with van der Waals surface area (Å²) in [5.41, 5.74) is 8.25. The molecule has 8 nitrogen and oxygen atoms in total. The van der Waals surface area contributed by atoms with Gasteiger partial charge in [0.2, 0.25) is 0 Å². The standard InChI is InChI=1S/C22H24N4O4/c1-14(2)30-18-10-4-15(5-11-18)12-24-21(27)16-6-8-17(9-7-16)26-20(23)19(13-25-26)22(28)29-3/h4-11,13-14H,12,23H2,1-3H3,(H,24,27). The van der Waals surface area contributed by atoms with Gasteiger partial charge in [0.1, 0.15) is 17.1 Å². The Balaban J connectivity index is 1.63. The smallest absolute Gasteiger partial charge is 0.343 e. The SMILES string of the molecule is COC(=O)c1cnn(-c2ccc(C(=O)NCc3ccc(OC(C)C)cc3)cc2)c1N. The second-order valence-electron chi connectivity index (χ2n) is 6.89. The molecule has 1 heterocycles. The first-order valence-electron chi connectivity index (χ1n) is 9.45. The first-order valence-corrected chi connectivity index (χ1v) is 9.45. The Bertz CT molecular complexity index is 1020. The molecule has 0 radical (unpaired) electrons. The summed E-state index contributed by atoms with van der Waals surface area (Å²) < 4.78 is 11.7. The summed E-state index contributed by atoms with van der Waals surface area (Å²) in [6.45, 7) is 4.34. The van der Waals surface area contributed by atoms with Gasteiger partial charge in [0.25, 0.3) is 5.91 Å². The number of anilines is 1. The number of esters is 1. The maximum Gasteiger partial charge on any atom is 0.343 e. The number of nitrogen functional groups attached to an aromatic ring is 1. The van der Waals surface area contributed by atoms with Gasteiger partial charge >= 0.3 is 5.97 Å². The van der Waals surface area contributed by atoms with Crippen LogP contribution in [0.3, 0.4) is 0 Å². The average molecular weight is 408 g/mol. The molecular formula is C22H24N4O4. The maximum atomic E-state index is 12.4. The van der Waals surface area contributed by atoms with E-state index in [-0.39, 0.29) is 23.4 Å². The summed E-state index contributed by atoms with van der Waals surface area (Å²) in [5.74, 6) is 0.208. The highest BCUT2D eigenvalue weighted by molar-refractivity contribution is 5.95. The van der Waals surface area contributed by atoms with Crippen molar-refractivity contribution in [2.75, 3.05) is 12.8 Å². The van der Waals surface area contributed by atoms with Gasteiger partial charge in [-0.25, -0.2) is 9.48 Å². The van der Waals surface area contributed by atoms with E-state index in [1.54, 1.807) is 24.3 Å². The van der Waals surface area contributed by atoms with Crippen molar-refractivity contribution in [3.8, 4) is 11.4 Å². The highest BCUT2D eigenvalue weighted by Crippen LogP contribution is 2.18. The van der Waals surface area contributed by atoms with Crippen LogP contribution in [0, 0.1) is 0 Å². The predicted octanol–water partition coefficient (Wildman–Crippen LogP) is 2.96. The molecule has 0 aliphatic heterocycles. The van der Waals surface area contributed by atoms with Crippen molar-refractivity contribution < 1.29 is 19.1 Å². The molecule has 3 aromatic rings. The van der Waals surface area contributed by atoms with Crippen molar-refractivity contribution >= 4 is 17.7 Å². The fourth-order valence-corrected chi connectivity index (χ4v) is 2.83. The lowest BCUT2D eigenvalue weighted by Crippen LogP contribution is -2.22. The molecule has 0 aliphatic carbocycles. The first-order chi connectivity index (χ1) is 14.4. The zero-order chi connectivity index (χ0) is 21.7. The van der Waals surface area contributed by atoms with E-state index in [9.17, 15) is 9.59 Å². The number of carbonyl (C=O) groups excluding carboxylic acids is 2. The van der Waals surface area contributed by atoms with Gasteiger partial charge in [0.15, 0.2) is 0 Å². The third-order valence-corrected chi connectivity index (χ3v) is 4.33. The Kier molecular flexibility index (Phi) is 6.36. The summed E-state index contributed by atoms with van der Waals surface area (Å²) in [4.78, 5) is 24.1. The minimum atomic E-state index is -0.557. The Hall–Kier alpha value is -3.81. The molecule has 0 unspecified atom stereocenters. The van der Waals surface area contributed by atoms with Gasteiger partial charge in [-0.3, -0.25) is 4.79 Å². The van der Waals surface area contributed by atoms with Crippen LogP contribution in [0.1, 0.15) is 40.1 Å². The van der Waals surface area contributed by atoms with E-state index in [4.69, 9.17) is 10.5 Å². The second kappa shape index (κ2) is 9.13. The summed E-state index contributed by atoms with van der Waals surface area (Å²) in [7, 11) is 1.28. The largest absolute Gasteiger partial charge is 0.491 e. The molecule has 3 rings (SSSR count). The number of ether oxygens (including phenoxy) is 2. The van der Waals surface area contributed by atoms with Crippen LogP contribution in [0.25, 0.3) is 5.69 Å². The molecule has 0 saturated heterocycles. The minimum absolute atomic E-state index is 0.114. The van der Waals surface area contributed by atoms with Crippen LogP contribution in [0.15, 0.2) is 54.7 Å². The number of rotatable bonds is 7. The third kappa shape index (κ3) is 4.78. The number of benzene rings is 2. The van der Waals surface area contributed by atoms with Gasteiger partial charge in [-0.15, -0.1) is 0 Å². The van der Waals surface area contributed by atoms with E-state index < -0.39 is 5.97 Å². The molecule has 3 N–H and O–H groups in total. The van der Waals surface area contributed by atoms with Crippen LogP contribution in [0.4, 0.5) is 5.82 Å². The number of amides is 1. The van der Waals surface area contributed by atoms with Gasteiger partial charge < -0.3 is 20.5 Å². The molecule has 156 valence electrons. The molecule has 0 bridgehead atoms. The quantitative estimate of drug-likeness (QED) is 0.582. The molecule has 30 heavy (non-hydrogen) atoms. The Morgan fingerprint density at radius 2 is 1.77 bits per heavy atom. The number of carbonyl (C=O) groups is 2. The van der Waals surface area contributed by atoms with E-state index in [1.165, 1.54) is 18.0 Å². The normalized spacial score (nSPS) is 10.7. The molecule has 0 aliphatic rings. The number of methoxy groups -OCH3 is 1. The first kappa shape index (κ1) is 20.9. The lowest BCUT2D eigenvalue weighted by molar-refractivity contribution is 0.0601. The van der Waals surface area contributed by atoms with Crippen LogP contribution >= 0.6 is 0 Å². The van der Waals surface area contributed by atoms with Crippen LogP contribution in [-0.4, -0.2) is 34.9 Å². The second-order valence-corrected chi connectivity index (χ2v) is 6.89. The zero-order valence-corrected chi connectivity index (χ0v) is 17.1. The summed E-state index contributed by atoms with van der Waals surface area (Å²) in [6, 6.07) is 14.3. The zero-order valence-electron chi connectivity index (χ0n) is 17.1. The van der Waals surface area contributed by atoms with Crippen LogP contribution in [-0.2, 0) is 11.3 Å². The number of nitrogens with zero attached hydrogens (tertiary/aromatic N) is 2. The lowest BCUT2D eigenvalue weighted by Gasteiger charge is -2.11. The summed E-state index contributed by atoms with van der Waals surface area (Å²) >= 11 is 0. The van der Waals surface area contributed by atoms with Crippen molar-refractivity contribution in [1.29, 1.82) is 0 Å². The fourth-order valence-electron chi connectivity index (χ4n) is 2.83. The number of nitrogens with two attached hydrogens (primary N) is 1. The molecule has 0 spiro atoms. The van der Waals surface area contributed by atoms with Gasteiger partial charge in [-0.2, -0.15) is 5.10 Å². The van der Waals surface area contributed by atoms with E-state index >= 15 is 0 Å². The minimum Gasteiger partial charge on any atom is -0.491 e. The molecule has 0 fully saturated rings. The number of aromatic nitrogens is 2.